The number of rotatable bonds is 7. The largest absolute Gasteiger partial charge is 0.493 e. The lowest BCUT2D eigenvalue weighted by Crippen LogP contribution is -2.47. The molecule has 0 radical (unpaired) electrons. The Bertz CT molecular complexity index is 1030. The zero-order valence-electron chi connectivity index (χ0n) is 17.0. The molecular formula is C22H25N3O3S. The molecule has 7 heteroatoms. The van der Waals surface area contributed by atoms with E-state index in [0.717, 1.165) is 15.8 Å². The molecule has 0 aliphatic rings. The number of aryl methyl sites for hydroxylation is 1. The summed E-state index contributed by atoms with van der Waals surface area (Å²) in [6.45, 7) is 8.11. The molecule has 2 aromatic carbocycles. The van der Waals surface area contributed by atoms with Crippen LogP contribution in [0.5, 0.6) is 5.75 Å². The molecule has 0 saturated carbocycles. The first kappa shape index (κ1) is 20.8. The quantitative estimate of drug-likeness (QED) is 0.604. The molecular weight excluding hydrogens is 386 g/mol. The molecule has 0 spiro atoms. The van der Waals surface area contributed by atoms with Gasteiger partial charge in [0.2, 0.25) is 5.91 Å². The molecule has 0 fully saturated rings. The summed E-state index contributed by atoms with van der Waals surface area (Å²) in [5, 5.41) is 6.21. The van der Waals surface area contributed by atoms with Crippen LogP contribution in [0.25, 0.3) is 10.2 Å². The van der Waals surface area contributed by atoms with Crippen molar-refractivity contribution < 1.29 is 14.3 Å². The Morgan fingerprint density at radius 1 is 1.17 bits per heavy atom. The standard InChI is InChI=1S/C22H25N3O3S/c1-5-28-17-9-7-6-8-15(17)20(26)24-19(13(2)3)21(27)25-22-23-16-11-10-14(4)12-18(16)29-22/h6-13,19H,5H2,1-4H3,(H,24,26)(H,23,25,27). The lowest BCUT2D eigenvalue weighted by atomic mass is 10.0. The van der Waals surface area contributed by atoms with Crippen LogP contribution in [-0.2, 0) is 4.79 Å². The van der Waals surface area contributed by atoms with Gasteiger partial charge in [-0.3, -0.25) is 9.59 Å². The van der Waals surface area contributed by atoms with Gasteiger partial charge in [0.1, 0.15) is 11.8 Å². The van der Waals surface area contributed by atoms with Crippen molar-refractivity contribution in [3.8, 4) is 5.75 Å². The van der Waals surface area contributed by atoms with Gasteiger partial charge in [0.05, 0.1) is 22.4 Å². The van der Waals surface area contributed by atoms with E-state index in [1.165, 1.54) is 11.3 Å². The molecule has 0 bridgehead atoms. The molecule has 0 aliphatic carbocycles. The van der Waals surface area contributed by atoms with Crippen LogP contribution < -0.4 is 15.4 Å². The minimum atomic E-state index is -0.703. The molecule has 2 N–H and O–H groups in total. The second kappa shape index (κ2) is 9.05. The smallest absolute Gasteiger partial charge is 0.255 e. The van der Waals surface area contributed by atoms with Gasteiger partial charge < -0.3 is 15.4 Å². The monoisotopic (exact) mass is 411 g/mol. The van der Waals surface area contributed by atoms with E-state index >= 15 is 0 Å². The molecule has 1 unspecified atom stereocenters. The fourth-order valence-electron chi connectivity index (χ4n) is 2.96. The van der Waals surface area contributed by atoms with E-state index in [4.69, 9.17) is 4.74 Å². The number of para-hydroxylation sites is 1. The predicted octanol–water partition coefficient (Wildman–Crippen LogP) is 4.40. The number of carbonyl (C=O) groups excluding carboxylic acids is 2. The van der Waals surface area contributed by atoms with Gasteiger partial charge >= 0.3 is 0 Å². The summed E-state index contributed by atoms with van der Waals surface area (Å²) in [7, 11) is 0. The van der Waals surface area contributed by atoms with Crippen molar-refractivity contribution in [3.05, 3.63) is 53.6 Å². The van der Waals surface area contributed by atoms with Crippen molar-refractivity contribution in [2.45, 2.75) is 33.7 Å². The van der Waals surface area contributed by atoms with E-state index in [1.54, 1.807) is 18.2 Å². The summed E-state index contributed by atoms with van der Waals surface area (Å²) >= 11 is 1.42. The highest BCUT2D eigenvalue weighted by atomic mass is 32.1. The van der Waals surface area contributed by atoms with Gasteiger partial charge in [-0.05, 0) is 49.6 Å². The zero-order valence-corrected chi connectivity index (χ0v) is 17.8. The number of thiazole rings is 1. The molecule has 1 heterocycles. The van der Waals surface area contributed by atoms with Gasteiger partial charge in [0.25, 0.3) is 5.91 Å². The Hall–Kier alpha value is -2.93. The topological polar surface area (TPSA) is 80.3 Å². The van der Waals surface area contributed by atoms with Crippen molar-refractivity contribution in [3.63, 3.8) is 0 Å². The van der Waals surface area contributed by atoms with E-state index in [0.29, 0.717) is 23.1 Å². The van der Waals surface area contributed by atoms with Crippen LogP contribution in [-0.4, -0.2) is 29.4 Å². The number of benzene rings is 2. The Balaban J connectivity index is 1.76. The van der Waals surface area contributed by atoms with Crippen molar-refractivity contribution in [2.24, 2.45) is 5.92 Å². The fourth-order valence-corrected chi connectivity index (χ4v) is 3.92. The maximum Gasteiger partial charge on any atom is 0.255 e. The number of nitrogens with zero attached hydrogens (tertiary/aromatic N) is 1. The van der Waals surface area contributed by atoms with Crippen LogP contribution >= 0.6 is 11.3 Å². The predicted molar refractivity (Wildman–Crippen MR) is 117 cm³/mol. The van der Waals surface area contributed by atoms with Crippen LogP contribution in [0.3, 0.4) is 0 Å². The Morgan fingerprint density at radius 3 is 2.66 bits per heavy atom. The van der Waals surface area contributed by atoms with Gasteiger partial charge in [-0.25, -0.2) is 4.98 Å². The van der Waals surface area contributed by atoms with Crippen LogP contribution in [0.15, 0.2) is 42.5 Å². The maximum absolute atomic E-state index is 12.9. The van der Waals surface area contributed by atoms with E-state index in [-0.39, 0.29) is 17.7 Å². The molecule has 2 amide bonds. The third-order valence-electron chi connectivity index (χ3n) is 4.44. The lowest BCUT2D eigenvalue weighted by Gasteiger charge is -2.21. The van der Waals surface area contributed by atoms with Crippen molar-refractivity contribution in [2.75, 3.05) is 11.9 Å². The maximum atomic E-state index is 12.9. The van der Waals surface area contributed by atoms with Crippen LogP contribution in [0.4, 0.5) is 5.13 Å². The number of nitrogens with one attached hydrogen (secondary N) is 2. The van der Waals surface area contributed by atoms with E-state index in [9.17, 15) is 9.59 Å². The van der Waals surface area contributed by atoms with E-state index in [2.05, 4.69) is 15.6 Å². The molecule has 3 aromatic rings. The van der Waals surface area contributed by atoms with Crippen molar-refractivity contribution in [1.82, 2.24) is 10.3 Å². The average Bonchev–Trinajstić information content (AvgIpc) is 3.07. The second-order valence-electron chi connectivity index (χ2n) is 7.10. The Kier molecular flexibility index (Phi) is 6.49. The number of hydrogen-bond donors (Lipinski definition) is 2. The Morgan fingerprint density at radius 2 is 1.93 bits per heavy atom. The highest BCUT2D eigenvalue weighted by Crippen LogP contribution is 2.27. The number of carbonyl (C=O) groups is 2. The normalized spacial score (nSPS) is 12.0. The highest BCUT2D eigenvalue weighted by molar-refractivity contribution is 7.22. The average molecular weight is 412 g/mol. The van der Waals surface area contributed by atoms with Crippen LogP contribution in [0.1, 0.15) is 36.7 Å². The summed E-state index contributed by atoms with van der Waals surface area (Å²) in [4.78, 5) is 30.2. The molecule has 1 atom stereocenters. The summed E-state index contributed by atoms with van der Waals surface area (Å²) in [5.41, 5.74) is 2.38. The van der Waals surface area contributed by atoms with Gasteiger partial charge in [0, 0.05) is 0 Å². The Labute approximate surface area is 174 Å². The first-order valence-electron chi connectivity index (χ1n) is 9.59. The second-order valence-corrected chi connectivity index (χ2v) is 8.13. The van der Waals surface area contributed by atoms with Gasteiger partial charge in [0.15, 0.2) is 5.13 Å². The number of anilines is 1. The molecule has 152 valence electrons. The number of amides is 2. The third-order valence-corrected chi connectivity index (χ3v) is 5.37. The van der Waals surface area contributed by atoms with Crippen LogP contribution in [0, 0.1) is 12.8 Å². The molecule has 1 aromatic heterocycles. The van der Waals surface area contributed by atoms with E-state index < -0.39 is 6.04 Å². The minimum absolute atomic E-state index is 0.102. The lowest BCUT2D eigenvalue weighted by molar-refractivity contribution is -0.118. The molecule has 29 heavy (non-hydrogen) atoms. The van der Waals surface area contributed by atoms with E-state index in [1.807, 2.05) is 52.0 Å². The number of fused-ring (bicyclic) bond motifs is 1. The SMILES string of the molecule is CCOc1ccccc1C(=O)NC(C(=O)Nc1nc2ccc(C)cc2s1)C(C)C. The molecule has 0 saturated heterocycles. The van der Waals surface area contributed by atoms with Gasteiger partial charge in [-0.1, -0.05) is 43.4 Å². The summed E-state index contributed by atoms with van der Waals surface area (Å²) in [6, 6.07) is 12.3. The number of hydrogen-bond acceptors (Lipinski definition) is 5. The van der Waals surface area contributed by atoms with Crippen LogP contribution in [0.2, 0.25) is 0 Å². The summed E-state index contributed by atoms with van der Waals surface area (Å²) in [6.07, 6.45) is 0. The summed E-state index contributed by atoms with van der Waals surface area (Å²) in [5.74, 6) is -0.243. The molecule has 6 nitrogen and oxygen atoms in total. The van der Waals surface area contributed by atoms with Crippen molar-refractivity contribution in [1.29, 1.82) is 0 Å². The first-order valence-corrected chi connectivity index (χ1v) is 10.4. The molecule has 3 rings (SSSR count). The number of aromatic nitrogens is 1. The number of ether oxygens (including phenoxy) is 1. The zero-order chi connectivity index (χ0) is 21.0. The third kappa shape index (κ3) is 4.92. The first-order chi connectivity index (χ1) is 13.9. The highest BCUT2D eigenvalue weighted by Gasteiger charge is 2.26. The van der Waals surface area contributed by atoms with Gasteiger partial charge in [-0.2, -0.15) is 0 Å². The molecule has 0 aliphatic heterocycles. The minimum Gasteiger partial charge on any atom is -0.493 e. The van der Waals surface area contributed by atoms with Crippen molar-refractivity contribution >= 4 is 38.5 Å². The van der Waals surface area contributed by atoms with Gasteiger partial charge in [-0.15, -0.1) is 0 Å². The summed E-state index contributed by atoms with van der Waals surface area (Å²) < 4.78 is 6.54. The fraction of sp³-hybridized carbons (Fsp3) is 0.318.